The number of rotatable bonds is 5. The molecule has 0 saturated carbocycles. The van der Waals surface area contributed by atoms with Crippen LogP contribution < -0.4 is 5.32 Å². The topological polar surface area (TPSA) is 122 Å². The maximum atomic E-state index is 13.7. The van der Waals surface area contributed by atoms with E-state index in [4.69, 9.17) is 10.2 Å². The van der Waals surface area contributed by atoms with Crippen molar-refractivity contribution in [3.8, 4) is 0 Å². The summed E-state index contributed by atoms with van der Waals surface area (Å²) in [4.78, 5) is 37.3. The van der Waals surface area contributed by atoms with Crippen LogP contribution in [-0.2, 0) is 11.3 Å². The van der Waals surface area contributed by atoms with E-state index in [1.54, 1.807) is 0 Å². The fourth-order valence-corrected chi connectivity index (χ4v) is 1.78. The normalized spacial score (nSPS) is 10.2. The predicted molar refractivity (Wildman–Crippen MR) is 71.2 cm³/mol. The number of aromatic nitrogens is 2. The number of hydrogen-bond acceptors (Lipinski definition) is 4. The summed E-state index contributed by atoms with van der Waals surface area (Å²) in [6.07, 6.45) is 2.40. The molecule has 8 nitrogen and oxygen atoms in total. The summed E-state index contributed by atoms with van der Waals surface area (Å²) < 4.78 is 14.9. The average Bonchev–Trinajstić information content (AvgIpc) is 2.84. The minimum absolute atomic E-state index is 0.0224. The number of amides is 1. The number of carbonyl (C=O) groups excluding carboxylic acids is 1. The van der Waals surface area contributed by atoms with Crippen molar-refractivity contribution < 1.29 is 29.0 Å². The quantitative estimate of drug-likeness (QED) is 0.759. The fourth-order valence-electron chi connectivity index (χ4n) is 1.78. The number of carboxylic acids is 2. The van der Waals surface area contributed by atoms with E-state index < -0.39 is 34.8 Å². The Labute approximate surface area is 122 Å². The molecule has 1 aromatic carbocycles. The molecule has 114 valence electrons. The van der Waals surface area contributed by atoms with Gasteiger partial charge in [0.15, 0.2) is 5.82 Å². The van der Waals surface area contributed by atoms with E-state index >= 15 is 0 Å². The molecule has 0 aliphatic carbocycles. The Hall–Kier alpha value is -3.23. The summed E-state index contributed by atoms with van der Waals surface area (Å²) >= 11 is 0. The van der Waals surface area contributed by atoms with Crippen molar-refractivity contribution >= 4 is 23.7 Å². The molecule has 22 heavy (non-hydrogen) atoms. The van der Waals surface area contributed by atoms with E-state index in [1.165, 1.54) is 23.2 Å². The second-order valence-corrected chi connectivity index (χ2v) is 4.25. The largest absolute Gasteiger partial charge is 0.480 e. The smallest absolute Gasteiger partial charge is 0.336 e. The molecule has 0 aliphatic heterocycles. The average molecular weight is 307 g/mol. The van der Waals surface area contributed by atoms with Gasteiger partial charge in [-0.25, -0.2) is 14.2 Å². The lowest BCUT2D eigenvalue weighted by Gasteiger charge is -2.06. The second-order valence-electron chi connectivity index (χ2n) is 4.25. The molecule has 0 radical (unpaired) electrons. The zero-order valence-corrected chi connectivity index (χ0v) is 11.0. The van der Waals surface area contributed by atoms with Crippen LogP contribution in [0.4, 0.5) is 10.2 Å². The van der Waals surface area contributed by atoms with Crippen LogP contribution in [0, 0.1) is 5.82 Å². The van der Waals surface area contributed by atoms with Gasteiger partial charge in [-0.1, -0.05) is 6.07 Å². The van der Waals surface area contributed by atoms with Crippen LogP contribution in [0.25, 0.3) is 0 Å². The highest BCUT2D eigenvalue weighted by Gasteiger charge is 2.21. The molecule has 2 rings (SSSR count). The standard InChI is InChI=1S/C13H10FN3O5/c14-8-3-1-2-7(13(21)22)11(8)12(20)16-9-4-17(6-15-9)5-10(18)19/h1-4,6H,5H2,(H,16,20)(H,18,19)(H,21,22). The van der Waals surface area contributed by atoms with E-state index in [0.717, 1.165) is 12.1 Å². The number of halogens is 1. The molecule has 0 atom stereocenters. The number of nitrogens with one attached hydrogen (secondary N) is 1. The van der Waals surface area contributed by atoms with Crippen LogP contribution in [0.3, 0.4) is 0 Å². The lowest BCUT2D eigenvalue weighted by molar-refractivity contribution is -0.137. The van der Waals surface area contributed by atoms with Gasteiger partial charge in [-0.3, -0.25) is 9.59 Å². The highest BCUT2D eigenvalue weighted by atomic mass is 19.1. The third-order valence-electron chi connectivity index (χ3n) is 2.66. The molecule has 1 amide bonds. The highest BCUT2D eigenvalue weighted by Crippen LogP contribution is 2.16. The number of imidazole rings is 1. The van der Waals surface area contributed by atoms with Gasteiger partial charge in [0.2, 0.25) is 0 Å². The minimum atomic E-state index is -1.44. The Morgan fingerprint density at radius 3 is 2.64 bits per heavy atom. The van der Waals surface area contributed by atoms with Gasteiger partial charge in [0.1, 0.15) is 12.4 Å². The van der Waals surface area contributed by atoms with Gasteiger partial charge in [0.05, 0.1) is 17.5 Å². The van der Waals surface area contributed by atoms with Crippen molar-refractivity contribution in [1.29, 1.82) is 0 Å². The van der Waals surface area contributed by atoms with Crippen molar-refractivity contribution in [2.24, 2.45) is 0 Å². The SMILES string of the molecule is O=C(O)Cn1cnc(NC(=O)c2c(F)cccc2C(=O)O)c1. The summed E-state index contributed by atoms with van der Waals surface area (Å²) in [6, 6.07) is 3.24. The van der Waals surface area contributed by atoms with Gasteiger partial charge in [0.25, 0.3) is 5.91 Å². The summed E-state index contributed by atoms with van der Waals surface area (Å²) in [5.41, 5.74) is -1.11. The third kappa shape index (κ3) is 3.26. The zero-order chi connectivity index (χ0) is 16.3. The van der Waals surface area contributed by atoms with Crippen LogP contribution in [0.2, 0.25) is 0 Å². The number of hydrogen-bond donors (Lipinski definition) is 3. The first kappa shape index (κ1) is 15.2. The molecule has 0 spiro atoms. The van der Waals surface area contributed by atoms with E-state index in [1.807, 2.05) is 0 Å². The van der Waals surface area contributed by atoms with E-state index in [0.29, 0.717) is 0 Å². The van der Waals surface area contributed by atoms with Crippen LogP contribution in [0.1, 0.15) is 20.7 Å². The van der Waals surface area contributed by atoms with E-state index in [2.05, 4.69) is 10.3 Å². The third-order valence-corrected chi connectivity index (χ3v) is 2.66. The van der Waals surface area contributed by atoms with Crippen molar-refractivity contribution in [2.75, 3.05) is 5.32 Å². The highest BCUT2D eigenvalue weighted by molar-refractivity contribution is 6.10. The van der Waals surface area contributed by atoms with Crippen molar-refractivity contribution in [3.63, 3.8) is 0 Å². The minimum Gasteiger partial charge on any atom is -0.480 e. The predicted octanol–water partition coefficient (Wildman–Crippen LogP) is 1.06. The number of carbonyl (C=O) groups is 3. The van der Waals surface area contributed by atoms with E-state index in [-0.39, 0.29) is 12.4 Å². The number of carboxylic acid groups (broad SMARTS) is 2. The molecule has 3 N–H and O–H groups in total. The molecule has 1 heterocycles. The Kier molecular flexibility index (Phi) is 4.16. The summed E-state index contributed by atoms with van der Waals surface area (Å²) in [7, 11) is 0. The van der Waals surface area contributed by atoms with Crippen LogP contribution in [0.5, 0.6) is 0 Å². The number of nitrogens with zero attached hydrogens (tertiary/aromatic N) is 2. The zero-order valence-electron chi connectivity index (χ0n) is 11.0. The molecule has 0 unspecified atom stereocenters. The van der Waals surface area contributed by atoms with Crippen LogP contribution >= 0.6 is 0 Å². The molecule has 0 saturated heterocycles. The fraction of sp³-hybridized carbons (Fsp3) is 0.0769. The molecule has 0 aliphatic rings. The van der Waals surface area contributed by atoms with Crippen LogP contribution in [0.15, 0.2) is 30.7 Å². The van der Waals surface area contributed by atoms with Gasteiger partial charge in [0, 0.05) is 6.20 Å². The summed E-state index contributed by atoms with van der Waals surface area (Å²) in [5, 5.41) is 19.8. The number of aromatic carboxylic acids is 1. The maximum absolute atomic E-state index is 13.7. The van der Waals surface area contributed by atoms with Gasteiger partial charge in [-0.2, -0.15) is 0 Å². The number of benzene rings is 1. The summed E-state index contributed by atoms with van der Waals surface area (Å²) in [6.45, 7) is -0.358. The molecular formula is C13H10FN3O5. The first-order valence-electron chi connectivity index (χ1n) is 5.95. The first-order valence-corrected chi connectivity index (χ1v) is 5.95. The maximum Gasteiger partial charge on any atom is 0.336 e. The van der Waals surface area contributed by atoms with E-state index in [9.17, 15) is 18.8 Å². The number of anilines is 1. The van der Waals surface area contributed by atoms with Crippen molar-refractivity contribution in [1.82, 2.24) is 9.55 Å². The molecule has 2 aromatic rings. The molecule has 1 aromatic heterocycles. The van der Waals surface area contributed by atoms with Crippen molar-refractivity contribution in [2.45, 2.75) is 6.54 Å². The Morgan fingerprint density at radius 1 is 1.27 bits per heavy atom. The lowest BCUT2D eigenvalue weighted by Crippen LogP contribution is -2.18. The molecular weight excluding hydrogens is 297 g/mol. The monoisotopic (exact) mass is 307 g/mol. The van der Waals surface area contributed by atoms with Crippen molar-refractivity contribution in [3.05, 3.63) is 47.7 Å². The van der Waals surface area contributed by atoms with Gasteiger partial charge in [-0.15, -0.1) is 0 Å². The Bertz CT molecular complexity index is 756. The molecule has 9 heteroatoms. The van der Waals surface area contributed by atoms with Gasteiger partial charge in [-0.05, 0) is 12.1 Å². The molecule has 0 fully saturated rings. The Balaban J connectivity index is 2.24. The Morgan fingerprint density at radius 2 is 2.00 bits per heavy atom. The van der Waals surface area contributed by atoms with Gasteiger partial charge >= 0.3 is 11.9 Å². The second kappa shape index (κ2) is 6.04. The lowest BCUT2D eigenvalue weighted by atomic mass is 10.1. The molecule has 0 bridgehead atoms. The number of aliphatic carboxylic acids is 1. The van der Waals surface area contributed by atoms with Crippen LogP contribution in [-0.4, -0.2) is 37.6 Å². The first-order chi connectivity index (χ1) is 10.4. The van der Waals surface area contributed by atoms with Gasteiger partial charge < -0.3 is 20.1 Å². The summed E-state index contributed by atoms with van der Waals surface area (Å²) in [5.74, 6) is -4.54.